The summed E-state index contributed by atoms with van der Waals surface area (Å²) in [5, 5.41) is 9.06. The highest BCUT2D eigenvalue weighted by Gasteiger charge is 2.33. The molecule has 6 nitrogen and oxygen atoms in total. The number of carboxylic acids is 1. The Morgan fingerprint density at radius 3 is 2.44 bits per heavy atom. The average molecular weight is 367 g/mol. The number of carboxylic acid groups (broad SMARTS) is 1. The smallest absolute Gasteiger partial charge is 0.335 e. The molecule has 1 amide bonds. The number of likely N-dealkylation sites (tertiary alicyclic amines) is 1. The Bertz CT molecular complexity index is 840. The zero-order valence-corrected chi connectivity index (χ0v) is 16.0. The topological polar surface area (TPSA) is 83.4 Å². The van der Waals surface area contributed by atoms with Crippen molar-refractivity contribution in [3.63, 3.8) is 0 Å². The van der Waals surface area contributed by atoms with Crippen LogP contribution in [0.4, 0.5) is 0 Å². The van der Waals surface area contributed by atoms with Crippen LogP contribution in [0.5, 0.6) is 0 Å². The molecule has 1 aromatic heterocycles. The molecule has 1 saturated heterocycles. The molecular weight excluding hydrogens is 342 g/mol. The van der Waals surface area contributed by atoms with Crippen LogP contribution in [0, 0.1) is 11.3 Å². The van der Waals surface area contributed by atoms with E-state index in [1.165, 1.54) is 0 Å². The molecular formula is C21H25N3O3. The second kappa shape index (κ2) is 7.47. The van der Waals surface area contributed by atoms with Gasteiger partial charge in [0, 0.05) is 36.5 Å². The minimum Gasteiger partial charge on any atom is -0.478 e. The van der Waals surface area contributed by atoms with Gasteiger partial charge >= 0.3 is 5.97 Å². The van der Waals surface area contributed by atoms with Crippen molar-refractivity contribution in [3.8, 4) is 11.3 Å². The van der Waals surface area contributed by atoms with Crippen LogP contribution in [-0.4, -0.2) is 44.9 Å². The minimum absolute atomic E-state index is 0.189. The van der Waals surface area contributed by atoms with Gasteiger partial charge in [-0.3, -0.25) is 14.8 Å². The van der Waals surface area contributed by atoms with Gasteiger partial charge in [-0.1, -0.05) is 32.9 Å². The highest BCUT2D eigenvalue weighted by atomic mass is 16.4. The van der Waals surface area contributed by atoms with Gasteiger partial charge in [0.15, 0.2) is 0 Å². The largest absolute Gasteiger partial charge is 0.478 e. The van der Waals surface area contributed by atoms with Crippen molar-refractivity contribution in [2.45, 2.75) is 33.6 Å². The summed E-state index contributed by atoms with van der Waals surface area (Å²) in [7, 11) is 0. The van der Waals surface area contributed by atoms with E-state index in [-0.39, 0.29) is 16.9 Å². The van der Waals surface area contributed by atoms with E-state index in [9.17, 15) is 9.59 Å². The van der Waals surface area contributed by atoms with E-state index in [0.29, 0.717) is 5.92 Å². The first kappa shape index (κ1) is 19.0. The highest BCUT2D eigenvalue weighted by Crippen LogP contribution is 2.28. The Kier molecular flexibility index (Phi) is 5.26. The molecule has 6 heteroatoms. The van der Waals surface area contributed by atoms with Crippen molar-refractivity contribution in [1.29, 1.82) is 0 Å². The molecule has 27 heavy (non-hydrogen) atoms. The van der Waals surface area contributed by atoms with Crippen LogP contribution in [0.25, 0.3) is 11.3 Å². The van der Waals surface area contributed by atoms with Crippen molar-refractivity contribution in [2.24, 2.45) is 11.3 Å². The third kappa shape index (κ3) is 4.32. The fourth-order valence-corrected chi connectivity index (χ4v) is 3.46. The summed E-state index contributed by atoms with van der Waals surface area (Å²) in [5.41, 5.74) is 2.39. The number of benzene rings is 1. The second-order valence-corrected chi connectivity index (χ2v) is 8.09. The van der Waals surface area contributed by atoms with Gasteiger partial charge in [0.05, 0.1) is 17.0 Å². The van der Waals surface area contributed by atoms with Crippen LogP contribution >= 0.6 is 0 Å². The second-order valence-electron chi connectivity index (χ2n) is 8.09. The highest BCUT2D eigenvalue weighted by molar-refractivity contribution is 5.88. The first-order valence-corrected chi connectivity index (χ1v) is 9.18. The summed E-state index contributed by atoms with van der Waals surface area (Å²) in [4.78, 5) is 34.5. The molecule has 0 unspecified atom stereocenters. The predicted molar refractivity (Wildman–Crippen MR) is 102 cm³/mol. The van der Waals surface area contributed by atoms with Crippen LogP contribution < -0.4 is 0 Å². The van der Waals surface area contributed by atoms with Gasteiger partial charge in [-0.25, -0.2) is 4.79 Å². The van der Waals surface area contributed by atoms with Crippen molar-refractivity contribution >= 4 is 11.9 Å². The Labute approximate surface area is 159 Å². The lowest BCUT2D eigenvalue weighted by Gasteiger charge is -2.25. The van der Waals surface area contributed by atoms with Gasteiger partial charge in [0.25, 0.3) is 0 Å². The van der Waals surface area contributed by atoms with E-state index in [2.05, 4.69) is 9.97 Å². The Morgan fingerprint density at radius 1 is 1.15 bits per heavy atom. The quantitative estimate of drug-likeness (QED) is 0.897. The van der Waals surface area contributed by atoms with Gasteiger partial charge in [-0.2, -0.15) is 0 Å². The number of hydrogen-bond donors (Lipinski definition) is 1. The zero-order valence-electron chi connectivity index (χ0n) is 16.0. The molecule has 1 aliphatic rings. The lowest BCUT2D eigenvalue weighted by Crippen LogP contribution is -2.38. The Morgan fingerprint density at radius 2 is 1.81 bits per heavy atom. The number of nitrogens with zero attached hydrogens (tertiary/aromatic N) is 3. The SMILES string of the molecule is CC(C)(C)C(=O)N1CC[C@H](Cc2nccnc2-c2ccc(C(=O)O)cc2)C1. The fraction of sp³-hybridized carbons (Fsp3) is 0.429. The van der Waals surface area contributed by atoms with Gasteiger partial charge in [0.1, 0.15) is 0 Å². The molecule has 0 saturated carbocycles. The molecule has 1 fully saturated rings. The summed E-state index contributed by atoms with van der Waals surface area (Å²) in [6.07, 6.45) is 5.03. The van der Waals surface area contributed by atoms with Gasteiger partial charge in [-0.05, 0) is 30.9 Å². The molecule has 142 valence electrons. The first-order chi connectivity index (χ1) is 12.8. The number of carbonyl (C=O) groups is 2. The number of aromatic carboxylic acids is 1. The predicted octanol–water partition coefficient (Wildman–Crippen LogP) is 3.28. The molecule has 1 N–H and O–H groups in total. The van der Waals surface area contributed by atoms with Crippen molar-refractivity contribution in [3.05, 3.63) is 47.9 Å². The maximum atomic E-state index is 12.5. The summed E-state index contributed by atoms with van der Waals surface area (Å²) < 4.78 is 0. The molecule has 0 aliphatic carbocycles. The monoisotopic (exact) mass is 367 g/mol. The summed E-state index contributed by atoms with van der Waals surface area (Å²) in [5.74, 6) is -0.408. The normalized spacial score (nSPS) is 17.1. The van der Waals surface area contributed by atoms with Crippen molar-refractivity contribution < 1.29 is 14.7 Å². The zero-order chi connectivity index (χ0) is 19.6. The number of hydrogen-bond acceptors (Lipinski definition) is 4. The lowest BCUT2D eigenvalue weighted by atomic mass is 9.94. The van der Waals surface area contributed by atoms with Crippen LogP contribution in [0.2, 0.25) is 0 Å². The summed E-state index contributed by atoms with van der Waals surface area (Å²) in [6, 6.07) is 6.69. The number of amides is 1. The fourth-order valence-electron chi connectivity index (χ4n) is 3.46. The van der Waals surface area contributed by atoms with Crippen LogP contribution in [0.1, 0.15) is 43.2 Å². The maximum absolute atomic E-state index is 12.5. The molecule has 0 radical (unpaired) electrons. The Balaban J connectivity index is 1.75. The van der Waals surface area contributed by atoms with E-state index < -0.39 is 5.97 Å². The number of aromatic nitrogens is 2. The maximum Gasteiger partial charge on any atom is 0.335 e. The molecule has 0 bridgehead atoms. The van der Waals surface area contributed by atoms with Gasteiger partial charge in [0.2, 0.25) is 5.91 Å². The van der Waals surface area contributed by atoms with Crippen LogP contribution in [-0.2, 0) is 11.2 Å². The average Bonchev–Trinajstić information content (AvgIpc) is 3.09. The molecule has 0 spiro atoms. The van der Waals surface area contributed by atoms with E-state index >= 15 is 0 Å². The lowest BCUT2D eigenvalue weighted by molar-refractivity contribution is -0.138. The third-order valence-corrected chi connectivity index (χ3v) is 4.88. The van der Waals surface area contributed by atoms with Gasteiger partial charge in [-0.15, -0.1) is 0 Å². The number of carbonyl (C=O) groups excluding carboxylic acids is 1. The standard InChI is InChI=1S/C21H25N3O3/c1-21(2,3)20(27)24-11-8-14(13-24)12-17-18(23-10-9-22-17)15-4-6-16(7-5-15)19(25)26/h4-7,9-10,14H,8,11-13H2,1-3H3,(H,25,26)/t14-/m1/s1. The van der Waals surface area contributed by atoms with Crippen molar-refractivity contribution in [1.82, 2.24) is 14.9 Å². The summed E-state index contributed by atoms with van der Waals surface area (Å²) in [6.45, 7) is 7.37. The Hall–Kier alpha value is -2.76. The third-order valence-electron chi connectivity index (χ3n) is 4.88. The number of rotatable bonds is 4. The minimum atomic E-state index is -0.949. The van der Waals surface area contributed by atoms with Gasteiger partial charge < -0.3 is 10.0 Å². The van der Waals surface area contributed by atoms with E-state index in [0.717, 1.165) is 42.9 Å². The summed E-state index contributed by atoms with van der Waals surface area (Å²) >= 11 is 0. The molecule has 1 aliphatic heterocycles. The molecule has 2 heterocycles. The van der Waals surface area contributed by atoms with E-state index in [1.54, 1.807) is 36.7 Å². The molecule has 1 atom stereocenters. The van der Waals surface area contributed by atoms with Crippen LogP contribution in [0.15, 0.2) is 36.7 Å². The molecule has 3 rings (SSSR count). The van der Waals surface area contributed by atoms with Crippen molar-refractivity contribution in [2.75, 3.05) is 13.1 Å². The molecule has 2 aromatic rings. The van der Waals surface area contributed by atoms with E-state index in [1.807, 2.05) is 25.7 Å². The van der Waals surface area contributed by atoms with Crippen LogP contribution in [0.3, 0.4) is 0 Å². The molecule has 1 aromatic carbocycles. The van der Waals surface area contributed by atoms with E-state index in [4.69, 9.17) is 5.11 Å². The first-order valence-electron chi connectivity index (χ1n) is 9.18.